The van der Waals surface area contributed by atoms with Crippen molar-refractivity contribution in [2.45, 2.75) is 90.9 Å². The minimum absolute atomic E-state index is 0.188. The Balaban J connectivity index is 3.39. The SMILES string of the molecule is C=C(CCCCCCCCC)C(=O)OCCCCCC. The van der Waals surface area contributed by atoms with E-state index in [0.717, 1.165) is 25.7 Å². The molecule has 0 radical (unpaired) electrons. The minimum atomic E-state index is -0.188. The van der Waals surface area contributed by atoms with Crippen LogP contribution in [-0.4, -0.2) is 12.6 Å². The van der Waals surface area contributed by atoms with Gasteiger partial charge in [0.15, 0.2) is 0 Å². The van der Waals surface area contributed by atoms with Crippen molar-refractivity contribution in [3.05, 3.63) is 12.2 Å². The second kappa shape index (κ2) is 14.6. The van der Waals surface area contributed by atoms with Crippen LogP contribution in [0.3, 0.4) is 0 Å². The number of hydrogen-bond donors (Lipinski definition) is 0. The maximum absolute atomic E-state index is 11.7. The predicted molar refractivity (Wildman–Crippen MR) is 86.9 cm³/mol. The van der Waals surface area contributed by atoms with Gasteiger partial charge in [-0.15, -0.1) is 0 Å². The third-order valence-electron chi connectivity index (χ3n) is 3.60. The molecule has 20 heavy (non-hydrogen) atoms. The number of carbonyl (C=O) groups excluding carboxylic acids is 1. The summed E-state index contributed by atoms with van der Waals surface area (Å²) in [7, 11) is 0. The summed E-state index contributed by atoms with van der Waals surface area (Å²) >= 11 is 0. The molecule has 0 heterocycles. The molecule has 0 unspecified atom stereocenters. The van der Waals surface area contributed by atoms with Gasteiger partial charge in [0.1, 0.15) is 0 Å². The molecule has 0 atom stereocenters. The second-order valence-corrected chi connectivity index (χ2v) is 5.67. The summed E-state index contributed by atoms with van der Waals surface area (Å²) in [6, 6.07) is 0. The largest absolute Gasteiger partial charge is 0.462 e. The zero-order valence-electron chi connectivity index (χ0n) is 13.7. The smallest absolute Gasteiger partial charge is 0.333 e. The van der Waals surface area contributed by atoms with Gasteiger partial charge in [-0.1, -0.05) is 78.2 Å². The highest BCUT2D eigenvalue weighted by Crippen LogP contribution is 2.12. The summed E-state index contributed by atoms with van der Waals surface area (Å²) in [6.07, 6.45) is 14.2. The van der Waals surface area contributed by atoms with Crippen LogP contribution in [0.5, 0.6) is 0 Å². The Kier molecular flexibility index (Phi) is 14.0. The standard InChI is InChI=1S/C18H34O2/c1-4-6-8-10-11-12-13-15-17(3)18(19)20-16-14-9-7-5-2/h3-16H2,1-2H3. The van der Waals surface area contributed by atoms with Gasteiger partial charge in [-0.3, -0.25) is 0 Å². The Labute approximate surface area is 126 Å². The van der Waals surface area contributed by atoms with Crippen LogP contribution >= 0.6 is 0 Å². The molecule has 0 spiro atoms. The van der Waals surface area contributed by atoms with Crippen molar-refractivity contribution in [3.8, 4) is 0 Å². The first-order valence-electron chi connectivity index (χ1n) is 8.57. The van der Waals surface area contributed by atoms with Crippen LogP contribution in [0.15, 0.2) is 12.2 Å². The van der Waals surface area contributed by atoms with E-state index < -0.39 is 0 Å². The van der Waals surface area contributed by atoms with Crippen molar-refractivity contribution in [2.75, 3.05) is 6.61 Å². The van der Waals surface area contributed by atoms with Gasteiger partial charge in [0.25, 0.3) is 0 Å². The van der Waals surface area contributed by atoms with E-state index in [1.54, 1.807) is 0 Å². The van der Waals surface area contributed by atoms with Crippen molar-refractivity contribution in [3.63, 3.8) is 0 Å². The van der Waals surface area contributed by atoms with Gasteiger partial charge >= 0.3 is 5.97 Å². The Bertz CT molecular complexity index is 246. The molecule has 0 amide bonds. The Hall–Kier alpha value is -0.790. The van der Waals surface area contributed by atoms with E-state index in [-0.39, 0.29) is 5.97 Å². The van der Waals surface area contributed by atoms with E-state index >= 15 is 0 Å². The monoisotopic (exact) mass is 282 g/mol. The van der Waals surface area contributed by atoms with Crippen LogP contribution in [-0.2, 0) is 9.53 Å². The summed E-state index contributed by atoms with van der Waals surface area (Å²) in [4.78, 5) is 11.7. The van der Waals surface area contributed by atoms with E-state index in [1.807, 2.05) is 0 Å². The van der Waals surface area contributed by atoms with E-state index in [1.165, 1.54) is 51.4 Å². The quantitative estimate of drug-likeness (QED) is 0.228. The molecule has 0 saturated carbocycles. The molecule has 0 aliphatic rings. The van der Waals surface area contributed by atoms with Crippen molar-refractivity contribution in [2.24, 2.45) is 0 Å². The fourth-order valence-electron chi connectivity index (χ4n) is 2.19. The topological polar surface area (TPSA) is 26.3 Å². The summed E-state index contributed by atoms with van der Waals surface area (Å²) in [5.74, 6) is -0.188. The molecule has 0 N–H and O–H groups in total. The summed E-state index contributed by atoms with van der Waals surface area (Å²) < 4.78 is 5.22. The van der Waals surface area contributed by atoms with Crippen molar-refractivity contribution in [1.29, 1.82) is 0 Å². The average Bonchev–Trinajstić information content (AvgIpc) is 2.45. The molecule has 0 rings (SSSR count). The highest BCUT2D eigenvalue weighted by molar-refractivity contribution is 5.87. The molecule has 118 valence electrons. The van der Waals surface area contributed by atoms with Crippen LogP contribution in [0.25, 0.3) is 0 Å². The van der Waals surface area contributed by atoms with E-state index in [9.17, 15) is 4.79 Å². The van der Waals surface area contributed by atoms with E-state index in [0.29, 0.717) is 12.2 Å². The zero-order chi connectivity index (χ0) is 15.1. The second-order valence-electron chi connectivity index (χ2n) is 5.67. The maximum atomic E-state index is 11.7. The van der Waals surface area contributed by atoms with Crippen molar-refractivity contribution >= 4 is 5.97 Å². The Morgan fingerprint density at radius 2 is 1.30 bits per heavy atom. The molecule has 0 aromatic heterocycles. The number of unbranched alkanes of at least 4 members (excludes halogenated alkanes) is 9. The molecule has 0 aliphatic carbocycles. The molecule has 0 aromatic carbocycles. The van der Waals surface area contributed by atoms with E-state index in [4.69, 9.17) is 4.74 Å². The van der Waals surface area contributed by atoms with Crippen LogP contribution < -0.4 is 0 Å². The predicted octanol–water partition coefficient (Wildman–Crippen LogP) is 5.81. The number of carbonyl (C=O) groups is 1. The van der Waals surface area contributed by atoms with Gasteiger partial charge < -0.3 is 4.74 Å². The zero-order valence-corrected chi connectivity index (χ0v) is 13.7. The average molecular weight is 282 g/mol. The minimum Gasteiger partial charge on any atom is -0.462 e. The van der Waals surface area contributed by atoms with Gasteiger partial charge in [0.2, 0.25) is 0 Å². The molecule has 0 aromatic rings. The number of ether oxygens (including phenoxy) is 1. The first kappa shape index (κ1) is 19.2. The summed E-state index contributed by atoms with van der Waals surface area (Å²) in [5.41, 5.74) is 0.647. The molecular weight excluding hydrogens is 248 g/mol. The number of rotatable bonds is 14. The van der Waals surface area contributed by atoms with Crippen LogP contribution in [0.2, 0.25) is 0 Å². The lowest BCUT2D eigenvalue weighted by molar-refractivity contribution is -0.139. The van der Waals surface area contributed by atoms with Gasteiger partial charge in [-0.25, -0.2) is 4.79 Å². The number of esters is 1. The molecular formula is C18H34O2. The molecule has 0 fully saturated rings. The molecule has 0 aliphatic heterocycles. The van der Waals surface area contributed by atoms with Crippen molar-refractivity contribution in [1.82, 2.24) is 0 Å². The lowest BCUT2D eigenvalue weighted by Gasteiger charge is -2.07. The molecule has 2 nitrogen and oxygen atoms in total. The Morgan fingerprint density at radius 3 is 1.90 bits per heavy atom. The highest BCUT2D eigenvalue weighted by Gasteiger charge is 2.07. The molecule has 0 bridgehead atoms. The normalized spacial score (nSPS) is 10.5. The van der Waals surface area contributed by atoms with Gasteiger partial charge in [-0.2, -0.15) is 0 Å². The van der Waals surface area contributed by atoms with Crippen LogP contribution in [0, 0.1) is 0 Å². The highest BCUT2D eigenvalue weighted by atomic mass is 16.5. The van der Waals surface area contributed by atoms with E-state index in [2.05, 4.69) is 20.4 Å². The Morgan fingerprint density at radius 1 is 0.800 bits per heavy atom. The van der Waals surface area contributed by atoms with Gasteiger partial charge in [0.05, 0.1) is 6.61 Å². The summed E-state index contributed by atoms with van der Waals surface area (Å²) in [6.45, 7) is 8.80. The lowest BCUT2D eigenvalue weighted by atomic mass is 10.1. The van der Waals surface area contributed by atoms with Gasteiger partial charge in [-0.05, 0) is 19.3 Å². The fraction of sp³-hybridized carbons (Fsp3) is 0.833. The third kappa shape index (κ3) is 12.3. The maximum Gasteiger partial charge on any atom is 0.333 e. The lowest BCUT2D eigenvalue weighted by Crippen LogP contribution is -2.08. The van der Waals surface area contributed by atoms with Crippen LogP contribution in [0.4, 0.5) is 0 Å². The molecule has 0 saturated heterocycles. The van der Waals surface area contributed by atoms with Crippen molar-refractivity contribution < 1.29 is 9.53 Å². The molecule has 2 heteroatoms. The van der Waals surface area contributed by atoms with Crippen LogP contribution in [0.1, 0.15) is 90.9 Å². The summed E-state index contributed by atoms with van der Waals surface area (Å²) in [5, 5.41) is 0. The first-order valence-corrected chi connectivity index (χ1v) is 8.57. The fourth-order valence-corrected chi connectivity index (χ4v) is 2.19. The van der Waals surface area contributed by atoms with Gasteiger partial charge in [0, 0.05) is 5.57 Å². The third-order valence-corrected chi connectivity index (χ3v) is 3.60. The number of hydrogen-bond acceptors (Lipinski definition) is 2. The first-order chi connectivity index (χ1) is 9.72.